The van der Waals surface area contributed by atoms with Gasteiger partial charge in [0.15, 0.2) is 11.5 Å². The van der Waals surface area contributed by atoms with Gasteiger partial charge in [-0.05, 0) is 29.5 Å². The largest absolute Gasteiger partial charge is 0.577 e. The molecule has 0 amide bonds. The minimum atomic E-state index is -1.74. The van der Waals surface area contributed by atoms with E-state index in [9.17, 15) is 0 Å². The van der Waals surface area contributed by atoms with Gasteiger partial charge < -0.3 is 22.8 Å². The topological polar surface area (TPSA) is 58.5 Å². The Balaban J connectivity index is 2.41. The standard InChI is InChI=1S/C18H28NO5Si/c1-18(2,3)17-9-12-8-15(20-4)16(21-5)10-13(12)14(19-17)11-24-25(22-6)23-7/h8,10,17H,9,11H2,1-7H3/t17-/m0/s1. The van der Waals surface area contributed by atoms with Crippen molar-refractivity contribution in [1.82, 2.24) is 0 Å². The summed E-state index contributed by atoms with van der Waals surface area (Å²) in [7, 11) is 4.71. The minimum Gasteiger partial charge on any atom is -0.493 e. The Labute approximate surface area is 152 Å². The Morgan fingerprint density at radius 1 is 1.04 bits per heavy atom. The van der Waals surface area contributed by atoms with E-state index in [2.05, 4.69) is 20.8 Å². The molecule has 6 nitrogen and oxygen atoms in total. The molecule has 0 fully saturated rings. The Kier molecular flexibility index (Phi) is 6.62. The maximum absolute atomic E-state index is 5.78. The number of benzene rings is 1. The second kappa shape index (κ2) is 8.31. The van der Waals surface area contributed by atoms with Crippen LogP contribution in [0.25, 0.3) is 0 Å². The summed E-state index contributed by atoms with van der Waals surface area (Å²) in [6, 6.07) is 4.18. The first kappa shape index (κ1) is 19.9. The van der Waals surface area contributed by atoms with Crippen molar-refractivity contribution in [3.63, 3.8) is 0 Å². The van der Waals surface area contributed by atoms with Crippen LogP contribution in [0.3, 0.4) is 0 Å². The van der Waals surface area contributed by atoms with Gasteiger partial charge in [0, 0.05) is 19.8 Å². The molecule has 2 rings (SSSR count). The molecular weight excluding hydrogens is 338 g/mol. The summed E-state index contributed by atoms with van der Waals surface area (Å²) in [5.74, 6) is 1.42. The van der Waals surface area contributed by atoms with Gasteiger partial charge in [0.1, 0.15) is 0 Å². The van der Waals surface area contributed by atoms with Crippen LogP contribution in [0.2, 0.25) is 0 Å². The van der Waals surface area contributed by atoms with Crippen molar-refractivity contribution in [3.05, 3.63) is 23.3 Å². The summed E-state index contributed by atoms with van der Waals surface area (Å²) in [6.07, 6.45) is 0.856. The molecule has 0 spiro atoms. The fraction of sp³-hybridized carbons (Fsp3) is 0.611. The minimum absolute atomic E-state index is 0.0480. The monoisotopic (exact) mass is 366 g/mol. The zero-order chi connectivity index (χ0) is 18.6. The molecule has 1 aromatic rings. The highest BCUT2D eigenvalue weighted by Gasteiger charge is 2.31. The van der Waals surface area contributed by atoms with E-state index < -0.39 is 9.53 Å². The van der Waals surface area contributed by atoms with Crippen molar-refractivity contribution in [1.29, 1.82) is 0 Å². The highest BCUT2D eigenvalue weighted by atomic mass is 28.3. The molecule has 0 aromatic heterocycles. The third-order valence-electron chi connectivity index (χ3n) is 4.30. The number of methoxy groups -OCH3 is 2. The molecule has 1 aromatic carbocycles. The van der Waals surface area contributed by atoms with Crippen LogP contribution in [0.1, 0.15) is 31.9 Å². The first-order chi connectivity index (χ1) is 11.8. The fourth-order valence-electron chi connectivity index (χ4n) is 2.81. The van der Waals surface area contributed by atoms with E-state index in [1.807, 2.05) is 12.1 Å². The van der Waals surface area contributed by atoms with Gasteiger partial charge in [-0.25, -0.2) is 0 Å². The SMILES string of the molecule is COc1cc2c(cc1OC)C(CO[Si](OC)OC)=N[C@H](C(C)(C)C)C2. The summed E-state index contributed by atoms with van der Waals surface area (Å²) < 4.78 is 27.1. The first-order valence-corrected chi connectivity index (χ1v) is 9.46. The molecule has 0 saturated heterocycles. The maximum Gasteiger partial charge on any atom is 0.577 e. The molecule has 0 aliphatic carbocycles. The number of hydrogen-bond donors (Lipinski definition) is 0. The number of nitrogens with zero attached hydrogens (tertiary/aromatic N) is 1. The van der Waals surface area contributed by atoms with E-state index in [0.717, 1.165) is 23.4 Å². The normalized spacial score (nSPS) is 17.3. The second-order valence-electron chi connectivity index (χ2n) is 6.97. The van der Waals surface area contributed by atoms with Crippen molar-refractivity contribution >= 4 is 15.2 Å². The van der Waals surface area contributed by atoms with E-state index in [4.69, 9.17) is 27.7 Å². The Morgan fingerprint density at radius 2 is 1.64 bits per heavy atom. The average molecular weight is 367 g/mol. The lowest BCUT2D eigenvalue weighted by Gasteiger charge is -2.33. The van der Waals surface area contributed by atoms with Crippen LogP contribution in [0.15, 0.2) is 17.1 Å². The molecule has 1 aliphatic rings. The Bertz CT molecular complexity index is 623. The molecule has 0 bridgehead atoms. The summed E-state index contributed by atoms with van der Waals surface area (Å²) >= 11 is 0. The number of fused-ring (bicyclic) bond motifs is 1. The lowest BCUT2D eigenvalue weighted by atomic mass is 9.80. The highest BCUT2D eigenvalue weighted by Crippen LogP contribution is 2.37. The molecule has 0 saturated carbocycles. The summed E-state index contributed by atoms with van der Waals surface area (Å²) in [5.41, 5.74) is 3.16. The van der Waals surface area contributed by atoms with Gasteiger partial charge in [-0.3, -0.25) is 4.99 Å². The van der Waals surface area contributed by atoms with Gasteiger partial charge in [-0.1, -0.05) is 20.8 Å². The van der Waals surface area contributed by atoms with Crippen molar-refractivity contribution in [3.8, 4) is 11.5 Å². The highest BCUT2D eigenvalue weighted by molar-refractivity contribution is 6.36. The lowest BCUT2D eigenvalue weighted by Crippen LogP contribution is -2.35. The van der Waals surface area contributed by atoms with Crippen molar-refractivity contribution in [2.75, 3.05) is 35.0 Å². The molecule has 139 valence electrons. The second-order valence-corrected chi connectivity index (χ2v) is 8.58. The third-order valence-corrected chi connectivity index (χ3v) is 5.35. The molecule has 25 heavy (non-hydrogen) atoms. The van der Waals surface area contributed by atoms with Gasteiger partial charge in [0.2, 0.25) is 0 Å². The molecule has 1 aliphatic heterocycles. The molecule has 7 heteroatoms. The van der Waals surface area contributed by atoms with Gasteiger partial charge >= 0.3 is 9.53 Å². The summed E-state index contributed by atoms with van der Waals surface area (Å²) in [4.78, 5) is 4.97. The lowest BCUT2D eigenvalue weighted by molar-refractivity contribution is 0.152. The van der Waals surface area contributed by atoms with Crippen LogP contribution in [-0.4, -0.2) is 56.3 Å². The van der Waals surface area contributed by atoms with Crippen molar-refractivity contribution in [2.24, 2.45) is 10.4 Å². The molecule has 0 unspecified atom stereocenters. The summed E-state index contributed by atoms with van der Waals surface area (Å²) in [5, 5.41) is 0. The van der Waals surface area contributed by atoms with Gasteiger partial charge in [-0.15, -0.1) is 0 Å². The number of aliphatic imine (C=N–C) groups is 1. The van der Waals surface area contributed by atoms with E-state index in [1.165, 1.54) is 5.56 Å². The zero-order valence-corrected chi connectivity index (χ0v) is 17.1. The van der Waals surface area contributed by atoms with Crippen LogP contribution in [0.5, 0.6) is 11.5 Å². The summed E-state index contributed by atoms with van der Waals surface area (Å²) in [6.45, 7) is 6.94. The predicted octanol–water partition coefficient (Wildman–Crippen LogP) is 2.76. The first-order valence-electron chi connectivity index (χ1n) is 8.23. The molecule has 1 radical (unpaired) electrons. The van der Waals surface area contributed by atoms with Crippen LogP contribution >= 0.6 is 0 Å². The Morgan fingerprint density at radius 3 is 2.16 bits per heavy atom. The number of ether oxygens (including phenoxy) is 2. The van der Waals surface area contributed by atoms with E-state index in [0.29, 0.717) is 12.4 Å². The van der Waals surface area contributed by atoms with Crippen LogP contribution in [-0.2, 0) is 19.7 Å². The van der Waals surface area contributed by atoms with Gasteiger partial charge in [0.25, 0.3) is 0 Å². The van der Waals surface area contributed by atoms with Crippen molar-refractivity contribution in [2.45, 2.75) is 33.2 Å². The van der Waals surface area contributed by atoms with E-state index in [-0.39, 0.29) is 11.5 Å². The smallest absolute Gasteiger partial charge is 0.493 e. The van der Waals surface area contributed by atoms with Crippen LogP contribution < -0.4 is 9.47 Å². The van der Waals surface area contributed by atoms with Crippen LogP contribution in [0.4, 0.5) is 0 Å². The van der Waals surface area contributed by atoms with Crippen LogP contribution in [0, 0.1) is 5.41 Å². The van der Waals surface area contributed by atoms with E-state index >= 15 is 0 Å². The number of rotatable bonds is 7. The molecular formula is C18H28NO5Si. The quantitative estimate of drug-likeness (QED) is 0.695. The van der Waals surface area contributed by atoms with Gasteiger partial charge in [0.05, 0.1) is 32.6 Å². The third kappa shape index (κ3) is 4.61. The average Bonchev–Trinajstić information content (AvgIpc) is 2.60. The van der Waals surface area contributed by atoms with E-state index in [1.54, 1.807) is 28.4 Å². The van der Waals surface area contributed by atoms with Gasteiger partial charge in [-0.2, -0.15) is 0 Å². The number of hydrogen-bond acceptors (Lipinski definition) is 6. The Hall–Kier alpha value is -1.41. The fourth-order valence-corrected chi connectivity index (χ4v) is 3.47. The molecule has 0 N–H and O–H groups in total. The zero-order valence-electron chi connectivity index (χ0n) is 16.1. The molecule has 1 heterocycles. The maximum atomic E-state index is 5.78. The van der Waals surface area contributed by atoms with Crippen molar-refractivity contribution < 1.29 is 22.8 Å². The molecule has 1 atom stereocenters. The predicted molar refractivity (Wildman–Crippen MR) is 98.8 cm³/mol.